The highest BCUT2D eigenvalue weighted by molar-refractivity contribution is 5.95. The van der Waals surface area contributed by atoms with Gasteiger partial charge in [-0.05, 0) is 43.2 Å². The quantitative estimate of drug-likeness (QED) is 0.838. The molecule has 1 atom stereocenters. The van der Waals surface area contributed by atoms with Crippen molar-refractivity contribution in [3.63, 3.8) is 0 Å². The van der Waals surface area contributed by atoms with Gasteiger partial charge < -0.3 is 10.9 Å². The van der Waals surface area contributed by atoms with E-state index in [1.165, 1.54) is 12.1 Å². The van der Waals surface area contributed by atoms with Crippen molar-refractivity contribution in [1.29, 1.82) is 5.26 Å². The minimum atomic E-state index is -4.74. The molecule has 27 heavy (non-hydrogen) atoms. The van der Waals surface area contributed by atoms with E-state index in [9.17, 15) is 23.2 Å². The lowest BCUT2D eigenvalue weighted by molar-refractivity contribution is -0.176. The van der Waals surface area contributed by atoms with Gasteiger partial charge in [-0.15, -0.1) is 0 Å². The number of hydroxylamine groups is 2. The predicted octanol–water partition coefficient (Wildman–Crippen LogP) is 3.10. The Morgan fingerprint density at radius 1 is 1.33 bits per heavy atom. The maximum absolute atomic E-state index is 13.0. The Morgan fingerprint density at radius 3 is 2.56 bits per heavy atom. The Bertz CT molecular complexity index is 980. The molecule has 1 unspecified atom stereocenters. The molecular formula is C18H15F3N4O2. The first kappa shape index (κ1) is 18.8. The molecule has 1 amide bonds. The molecule has 0 radical (unpaired) electrons. The van der Waals surface area contributed by atoms with Gasteiger partial charge in [0, 0.05) is 5.56 Å². The Kier molecular flexibility index (Phi) is 4.21. The molecule has 3 N–H and O–H groups in total. The molecule has 1 aromatic heterocycles. The summed E-state index contributed by atoms with van der Waals surface area (Å²) >= 11 is 0. The molecule has 1 aromatic carbocycles. The standard InChI is InChI=1S/C18H15F3N4O2/c1-17(2)11-5-3-4-9(16(23)26)14(11)15(25(17)27)12-7-6-10(18(19,20)21)13(8-22)24-12/h3-7,15,27H,1-2H3,(H2,23,26). The lowest BCUT2D eigenvalue weighted by Crippen LogP contribution is -2.35. The molecule has 0 saturated heterocycles. The van der Waals surface area contributed by atoms with Gasteiger partial charge in [-0.2, -0.15) is 23.5 Å². The van der Waals surface area contributed by atoms with Gasteiger partial charge in [-0.3, -0.25) is 4.79 Å². The number of halogens is 3. The monoisotopic (exact) mass is 376 g/mol. The fourth-order valence-electron chi connectivity index (χ4n) is 3.39. The van der Waals surface area contributed by atoms with Crippen LogP contribution in [0.25, 0.3) is 0 Å². The van der Waals surface area contributed by atoms with Gasteiger partial charge in [-0.25, -0.2) is 4.98 Å². The van der Waals surface area contributed by atoms with Crippen LogP contribution < -0.4 is 5.73 Å². The Hall–Kier alpha value is -2.96. The molecule has 3 rings (SSSR count). The van der Waals surface area contributed by atoms with E-state index >= 15 is 0 Å². The molecular weight excluding hydrogens is 361 g/mol. The van der Waals surface area contributed by atoms with Crippen molar-refractivity contribution in [1.82, 2.24) is 10.0 Å². The number of pyridine rings is 1. The summed E-state index contributed by atoms with van der Waals surface area (Å²) in [5.41, 5.74) is 3.58. The second kappa shape index (κ2) is 6.04. The van der Waals surface area contributed by atoms with Gasteiger partial charge in [0.05, 0.1) is 16.8 Å². The first-order valence-electron chi connectivity index (χ1n) is 7.89. The van der Waals surface area contributed by atoms with Crippen molar-refractivity contribution in [3.8, 4) is 6.07 Å². The lowest BCUT2D eigenvalue weighted by Gasteiger charge is -2.30. The van der Waals surface area contributed by atoms with Gasteiger partial charge in [-0.1, -0.05) is 12.1 Å². The van der Waals surface area contributed by atoms with Crippen LogP contribution in [0.3, 0.4) is 0 Å². The van der Waals surface area contributed by atoms with Crippen LogP contribution in [0.4, 0.5) is 13.2 Å². The molecule has 1 aliphatic heterocycles. The molecule has 9 heteroatoms. The van der Waals surface area contributed by atoms with E-state index in [2.05, 4.69) is 4.98 Å². The molecule has 140 valence electrons. The number of nitrogens with two attached hydrogens (primary N) is 1. The van der Waals surface area contributed by atoms with E-state index < -0.39 is 34.9 Å². The van der Waals surface area contributed by atoms with Crippen molar-refractivity contribution in [3.05, 3.63) is 64.0 Å². The van der Waals surface area contributed by atoms with Crippen molar-refractivity contribution >= 4 is 5.91 Å². The summed E-state index contributed by atoms with van der Waals surface area (Å²) in [4.78, 5) is 15.7. The second-order valence-corrected chi connectivity index (χ2v) is 6.68. The number of primary amides is 1. The largest absolute Gasteiger partial charge is 0.419 e. The summed E-state index contributed by atoms with van der Waals surface area (Å²) in [5.74, 6) is -0.740. The second-order valence-electron chi connectivity index (χ2n) is 6.68. The predicted molar refractivity (Wildman–Crippen MR) is 87.4 cm³/mol. The molecule has 2 heterocycles. The van der Waals surface area contributed by atoms with E-state index in [4.69, 9.17) is 11.0 Å². The molecule has 0 fully saturated rings. The minimum absolute atomic E-state index is 0.00238. The van der Waals surface area contributed by atoms with Crippen molar-refractivity contribution < 1.29 is 23.2 Å². The summed E-state index contributed by atoms with van der Waals surface area (Å²) in [7, 11) is 0. The van der Waals surface area contributed by atoms with Crippen molar-refractivity contribution in [2.75, 3.05) is 0 Å². The first-order chi connectivity index (χ1) is 12.5. The van der Waals surface area contributed by atoms with Crippen LogP contribution in [0.1, 0.15) is 58.3 Å². The highest BCUT2D eigenvalue weighted by Crippen LogP contribution is 2.48. The van der Waals surface area contributed by atoms with Crippen LogP contribution in [-0.4, -0.2) is 21.2 Å². The number of hydrogen-bond acceptors (Lipinski definition) is 5. The lowest BCUT2D eigenvalue weighted by atomic mass is 9.90. The zero-order valence-electron chi connectivity index (χ0n) is 14.4. The van der Waals surface area contributed by atoms with Crippen LogP contribution in [-0.2, 0) is 11.7 Å². The number of nitriles is 1. The zero-order chi connectivity index (χ0) is 20.1. The molecule has 0 bridgehead atoms. The van der Waals surface area contributed by atoms with Gasteiger partial charge in [0.1, 0.15) is 12.1 Å². The van der Waals surface area contributed by atoms with E-state index in [0.29, 0.717) is 11.1 Å². The Morgan fingerprint density at radius 2 is 2.00 bits per heavy atom. The van der Waals surface area contributed by atoms with E-state index in [-0.39, 0.29) is 11.3 Å². The number of carbonyl (C=O) groups is 1. The highest BCUT2D eigenvalue weighted by atomic mass is 19.4. The van der Waals surface area contributed by atoms with Crippen LogP contribution >= 0.6 is 0 Å². The zero-order valence-corrected chi connectivity index (χ0v) is 14.4. The topological polar surface area (TPSA) is 103 Å². The average molecular weight is 376 g/mol. The fraction of sp³-hybridized carbons (Fsp3) is 0.278. The third-order valence-electron chi connectivity index (χ3n) is 4.73. The fourth-order valence-corrected chi connectivity index (χ4v) is 3.39. The van der Waals surface area contributed by atoms with Gasteiger partial charge in [0.2, 0.25) is 5.91 Å². The minimum Gasteiger partial charge on any atom is -0.366 e. The molecule has 6 nitrogen and oxygen atoms in total. The third-order valence-corrected chi connectivity index (χ3v) is 4.73. The first-order valence-corrected chi connectivity index (χ1v) is 7.89. The van der Waals surface area contributed by atoms with Crippen LogP contribution in [0.5, 0.6) is 0 Å². The number of carbonyl (C=O) groups excluding carboxylic acids is 1. The number of amides is 1. The molecule has 0 saturated carbocycles. The number of benzene rings is 1. The third kappa shape index (κ3) is 2.83. The number of fused-ring (bicyclic) bond motifs is 1. The number of hydrogen-bond donors (Lipinski definition) is 2. The van der Waals surface area contributed by atoms with Crippen LogP contribution in [0.2, 0.25) is 0 Å². The van der Waals surface area contributed by atoms with E-state index in [1.54, 1.807) is 26.0 Å². The Labute approximate surface area is 152 Å². The summed E-state index contributed by atoms with van der Waals surface area (Å²) < 4.78 is 39.1. The van der Waals surface area contributed by atoms with Gasteiger partial charge in [0.25, 0.3) is 0 Å². The Balaban J connectivity index is 2.26. The normalized spacial score (nSPS) is 18.8. The smallest absolute Gasteiger partial charge is 0.366 e. The summed E-state index contributed by atoms with van der Waals surface area (Å²) in [6.07, 6.45) is -4.74. The SMILES string of the molecule is CC1(C)c2cccc(C(N)=O)c2C(c2ccc(C(F)(F)F)c(C#N)n2)N1O. The highest BCUT2D eigenvalue weighted by Gasteiger charge is 2.47. The molecule has 2 aromatic rings. The van der Waals surface area contributed by atoms with Crippen molar-refractivity contribution in [2.24, 2.45) is 5.73 Å². The van der Waals surface area contributed by atoms with Crippen LogP contribution in [0, 0.1) is 11.3 Å². The number of aromatic nitrogens is 1. The van der Waals surface area contributed by atoms with E-state index in [1.807, 2.05) is 0 Å². The summed E-state index contributed by atoms with van der Waals surface area (Å²) in [6, 6.07) is 6.99. The summed E-state index contributed by atoms with van der Waals surface area (Å²) in [5, 5.41) is 20.7. The van der Waals surface area contributed by atoms with E-state index in [0.717, 1.165) is 17.2 Å². The maximum Gasteiger partial charge on any atom is 0.419 e. The maximum atomic E-state index is 13.0. The number of nitrogens with zero attached hydrogens (tertiary/aromatic N) is 3. The molecule has 0 aliphatic carbocycles. The van der Waals surface area contributed by atoms with Gasteiger partial charge >= 0.3 is 6.18 Å². The summed E-state index contributed by atoms with van der Waals surface area (Å²) in [6.45, 7) is 3.37. The average Bonchev–Trinajstić information content (AvgIpc) is 2.80. The molecule has 1 aliphatic rings. The van der Waals surface area contributed by atoms with Crippen molar-refractivity contribution in [2.45, 2.75) is 31.6 Å². The van der Waals surface area contributed by atoms with Gasteiger partial charge in [0.15, 0.2) is 5.69 Å². The van der Waals surface area contributed by atoms with Crippen LogP contribution in [0.15, 0.2) is 30.3 Å². The molecule has 0 spiro atoms. The number of alkyl halides is 3. The number of rotatable bonds is 2.